The Balaban J connectivity index is 2.83. The first-order chi connectivity index (χ1) is 8.08. The van der Waals surface area contributed by atoms with Crippen LogP contribution in [0.3, 0.4) is 0 Å². The minimum atomic E-state index is -0.174. The van der Waals surface area contributed by atoms with Gasteiger partial charge in [0.1, 0.15) is 0 Å². The Hall–Kier alpha value is -1.75. The van der Waals surface area contributed by atoms with Gasteiger partial charge in [0.05, 0.1) is 6.04 Å². The maximum Gasteiger partial charge on any atom is 0.252 e. The summed E-state index contributed by atoms with van der Waals surface area (Å²) in [5.41, 5.74) is 2.76. The maximum absolute atomic E-state index is 12.1. The van der Waals surface area contributed by atoms with Crippen LogP contribution in [0.2, 0.25) is 0 Å². The second kappa shape index (κ2) is 6.10. The lowest BCUT2D eigenvalue weighted by Crippen LogP contribution is -2.34. The molecule has 1 N–H and O–H groups in total. The van der Waals surface area contributed by atoms with E-state index in [1.54, 1.807) is 0 Å². The van der Waals surface area contributed by atoms with Gasteiger partial charge in [-0.15, -0.1) is 6.42 Å². The summed E-state index contributed by atoms with van der Waals surface area (Å²) in [6.07, 6.45) is 7.16. The summed E-state index contributed by atoms with van der Waals surface area (Å²) in [7, 11) is 0. The number of hydrogen-bond acceptors (Lipinski definition) is 1. The second-order valence-corrected chi connectivity index (χ2v) is 4.30. The van der Waals surface area contributed by atoms with Gasteiger partial charge in [-0.05, 0) is 31.9 Å². The zero-order valence-corrected chi connectivity index (χ0v) is 10.7. The molecule has 0 spiro atoms. The van der Waals surface area contributed by atoms with E-state index in [9.17, 15) is 4.79 Å². The SMILES string of the molecule is C#CC(CCC)NC(=O)c1cc(C)ccc1C. The van der Waals surface area contributed by atoms with Gasteiger partial charge in [0.15, 0.2) is 0 Å². The van der Waals surface area contributed by atoms with Crippen LogP contribution in [0.25, 0.3) is 0 Å². The Morgan fingerprint density at radius 2 is 2.18 bits per heavy atom. The van der Waals surface area contributed by atoms with E-state index in [1.807, 2.05) is 32.0 Å². The highest BCUT2D eigenvalue weighted by Gasteiger charge is 2.12. The fourth-order valence-electron chi connectivity index (χ4n) is 1.70. The van der Waals surface area contributed by atoms with Crippen LogP contribution in [0.5, 0.6) is 0 Å². The number of hydrogen-bond donors (Lipinski definition) is 1. The molecule has 1 amide bonds. The Morgan fingerprint density at radius 3 is 2.76 bits per heavy atom. The topological polar surface area (TPSA) is 29.1 Å². The summed E-state index contributed by atoms with van der Waals surface area (Å²) >= 11 is 0. The molecule has 0 heterocycles. The molecule has 0 saturated carbocycles. The van der Waals surface area contributed by atoms with Crippen LogP contribution in [0.1, 0.15) is 41.3 Å². The highest BCUT2D eigenvalue weighted by Crippen LogP contribution is 2.11. The third kappa shape index (κ3) is 3.64. The molecule has 1 aromatic rings. The molecule has 0 fully saturated rings. The van der Waals surface area contributed by atoms with Gasteiger partial charge in [-0.25, -0.2) is 0 Å². The molecule has 0 aliphatic heterocycles. The molecule has 0 aliphatic rings. The molecule has 17 heavy (non-hydrogen) atoms. The van der Waals surface area contributed by atoms with Crippen molar-refractivity contribution in [3.05, 3.63) is 34.9 Å². The highest BCUT2D eigenvalue weighted by atomic mass is 16.1. The maximum atomic E-state index is 12.1. The molecule has 1 aromatic carbocycles. The monoisotopic (exact) mass is 229 g/mol. The Bertz CT molecular complexity index is 443. The van der Waals surface area contributed by atoms with E-state index in [0.29, 0.717) is 5.56 Å². The number of benzene rings is 1. The molecule has 0 saturated heterocycles. The van der Waals surface area contributed by atoms with E-state index >= 15 is 0 Å². The predicted octanol–water partition coefficient (Wildman–Crippen LogP) is 2.84. The first kappa shape index (κ1) is 13.3. The molecule has 2 nitrogen and oxygen atoms in total. The van der Waals surface area contributed by atoms with Gasteiger partial charge in [0.25, 0.3) is 5.91 Å². The van der Waals surface area contributed by atoms with Gasteiger partial charge in [-0.3, -0.25) is 4.79 Å². The minimum absolute atomic E-state index is 0.0809. The van der Waals surface area contributed by atoms with E-state index in [1.165, 1.54) is 0 Å². The lowest BCUT2D eigenvalue weighted by molar-refractivity contribution is 0.0943. The third-order valence-corrected chi connectivity index (χ3v) is 2.72. The molecule has 1 unspecified atom stereocenters. The largest absolute Gasteiger partial charge is 0.338 e. The van der Waals surface area contributed by atoms with E-state index in [-0.39, 0.29) is 11.9 Å². The average Bonchev–Trinajstić information content (AvgIpc) is 2.31. The van der Waals surface area contributed by atoms with Gasteiger partial charge < -0.3 is 5.32 Å². The summed E-state index contributed by atoms with van der Waals surface area (Å²) in [6.45, 7) is 5.95. The van der Waals surface area contributed by atoms with Crippen molar-refractivity contribution in [3.63, 3.8) is 0 Å². The molecule has 0 aliphatic carbocycles. The normalized spacial score (nSPS) is 11.6. The standard InChI is InChI=1S/C15H19NO/c1-5-7-13(6-2)16-15(17)14-10-11(3)8-9-12(14)4/h2,8-10,13H,5,7H2,1,3-4H3,(H,16,17). The molecular weight excluding hydrogens is 210 g/mol. The van der Waals surface area contributed by atoms with Crippen LogP contribution in [-0.2, 0) is 0 Å². The van der Waals surface area contributed by atoms with Gasteiger partial charge in [-0.2, -0.15) is 0 Å². The summed E-state index contributed by atoms with van der Waals surface area (Å²) < 4.78 is 0. The van der Waals surface area contributed by atoms with Crippen molar-refractivity contribution in [2.24, 2.45) is 0 Å². The highest BCUT2D eigenvalue weighted by molar-refractivity contribution is 5.96. The fraction of sp³-hybridized carbons (Fsp3) is 0.400. The molecule has 1 atom stereocenters. The summed E-state index contributed by atoms with van der Waals surface area (Å²) in [5.74, 6) is 2.52. The van der Waals surface area contributed by atoms with E-state index in [4.69, 9.17) is 6.42 Å². The van der Waals surface area contributed by atoms with Crippen LogP contribution in [-0.4, -0.2) is 11.9 Å². The van der Waals surface area contributed by atoms with Crippen molar-refractivity contribution in [3.8, 4) is 12.3 Å². The van der Waals surface area contributed by atoms with Gasteiger partial charge in [0.2, 0.25) is 0 Å². The Labute approximate surface area is 103 Å². The van der Waals surface area contributed by atoms with Crippen molar-refractivity contribution in [1.82, 2.24) is 5.32 Å². The zero-order valence-electron chi connectivity index (χ0n) is 10.7. The van der Waals surface area contributed by atoms with E-state index in [2.05, 4.69) is 18.2 Å². The lowest BCUT2D eigenvalue weighted by atomic mass is 10.0. The van der Waals surface area contributed by atoms with Crippen LogP contribution >= 0.6 is 0 Å². The molecule has 90 valence electrons. The molecule has 2 heteroatoms. The Kier molecular flexibility index (Phi) is 4.78. The van der Waals surface area contributed by atoms with Crippen molar-refractivity contribution >= 4 is 5.91 Å². The predicted molar refractivity (Wildman–Crippen MR) is 70.9 cm³/mol. The lowest BCUT2D eigenvalue weighted by Gasteiger charge is -2.13. The smallest absolute Gasteiger partial charge is 0.252 e. The van der Waals surface area contributed by atoms with Crippen molar-refractivity contribution in [1.29, 1.82) is 0 Å². The van der Waals surface area contributed by atoms with Crippen LogP contribution in [0.15, 0.2) is 18.2 Å². The van der Waals surface area contributed by atoms with Crippen molar-refractivity contribution in [2.45, 2.75) is 39.7 Å². The van der Waals surface area contributed by atoms with Gasteiger partial charge in [-0.1, -0.05) is 37.0 Å². The molecule has 0 aromatic heterocycles. The number of carbonyl (C=O) groups is 1. The average molecular weight is 229 g/mol. The molecular formula is C15H19NO. The number of aryl methyl sites for hydroxylation is 2. The quantitative estimate of drug-likeness (QED) is 0.790. The summed E-state index contributed by atoms with van der Waals surface area (Å²) in [4.78, 5) is 12.1. The number of rotatable bonds is 4. The van der Waals surface area contributed by atoms with Crippen LogP contribution in [0, 0.1) is 26.2 Å². The number of terminal acetylenes is 1. The molecule has 0 bridgehead atoms. The van der Waals surface area contributed by atoms with Crippen molar-refractivity contribution < 1.29 is 4.79 Å². The third-order valence-electron chi connectivity index (χ3n) is 2.72. The minimum Gasteiger partial charge on any atom is -0.338 e. The van der Waals surface area contributed by atoms with E-state index < -0.39 is 0 Å². The van der Waals surface area contributed by atoms with Crippen molar-refractivity contribution in [2.75, 3.05) is 0 Å². The van der Waals surface area contributed by atoms with Gasteiger partial charge in [0, 0.05) is 5.56 Å². The van der Waals surface area contributed by atoms with E-state index in [0.717, 1.165) is 24.0 Å². The summed E-state index contributed by atoms with van der Waals surface area (Å²) in [5, 5.41) is 2.88. The fourth-order valence-corrected chi connectivity index (χ4v) is 1.70. The summed E-state index contributed by atoms with van der Waals surface area (Å²) in [6, 6.07) is 5.67. The second-order valence-electron chi connectivity index (χ2n) is 4.30. The first-order valence-electron chi connectivity index (χ1n) is 5.92. The molecule has 1 rings (SSSR count). The van der Waals surface area contributed by atoms with Crippen LogP contribution in [0.4, 0.5) is 0 Å². The molecule has 0 radical (unpaired) electrons. The number of carbonyl (C=O) groups excluding carboxylic acids is 1. The number of nitrogens with one attached hydrogen (secondary N) is 1. The van der Waals surface area contributed by atoms with Gasteiger partial charge >= 0.3 is 0 Å². The Morgan fingerprint density at radius 1 is 1.47 bits per heavy atom. The number of amides is 1. The van der Waals surface area contributed by atoms with Crippen LogP contribution < -0.4 is 5.32 Å². The first-order valence-corrected chi connectivity index (χ1v) is 5.92. The zero-order chi connectivity index (χ0) is 12.8.